The highest BCUT2D eigenvalue weighted by molar-refractivity contribution is 5.42. The average Bonchev–Trinajstić information content (AvgIpc) is 3.26. The van der Waals surface area contributed by atoms with Crippen LogP contribution in [-0.4, -0.2) is 29.0 Å². The van der Waals surface area contributed by atoms with Crippen molar-refractivity contribution in [1.29, 1.82) is 0 Å². The molecule has 3 heteroatoms. The van der Waals surface area contributed by atoms with Crippen LogP contribution in [0.3, 0.4) is 0 Å². The maximum absolute atomic E-state index is 10.5. The minimum atomic E-state index is -0.360. The number of hydrogen-bond donors (Lipinski definition) is 3. The van der Waals surface area contributed by atoms with Crippen LogP contribution in [0.4, 0.5) is 5.69 Å². The third-order valence-corrected chi connectivity index (χ3v) is 6.89. The summed E-state index contributed by atoms with van der Waals surface area (Å²) in [5, 5.41) is 24.2. The van der Waals surface area contributed by atoms with Crippen molar-refractivity contribution in [3.05, 3.63) is 54.1 Å². The van der Waals surface area contributed by atoms with E-state index in [4.69, 9.17) is 0 Å². The smallest absolute Gasteiger partial charge is 0.0721 e. The summed E-state index contributed by atoms with van der Waals surface area (Å²) in [6.45, 7) is 3.22. The summed E-state index contributed by atoms with van der Waals surface area (Å²) in [7, 11) is 0. The van der Waals surface area contributed by atoms with Crippen LogP contribution in [-0.2, 0) is 0 Å². The molecule has 0 spiro atoms. The fraction of sp³-hybridized carbons (Fsp3) is 0.630. The van der Waals surface area contributed by atoms with Crippen LogP contribution in [0, 0.1) is 17.8 Å². The van der Waals surface area contributed by atoms with Crippen molar-refractivity contribution in [3.63, 3.8) is 0 Å². The molecule has 0 heterocycles. The molecule has 0 aromatic heterocycles. The van der Waals surface area contributed by atoms with Gasteiger partial charge in [-0.3, -0.25) is 0 Å². The second-order valence-electron chi connectivity index (χ2n) is 9.29. The molecular weight excluding hydrogens is 370 g/mol. The average molecular weight is 412 g/mol. The third-order valence-electron chi connectivity index (χ3n) is 6.89. The van der Waals surface area contributed by atoms with E-state index < -0.39 is 0 Å². The van der Waals surface area contributed by atoms with Gasteiger partial charge in [-0.05, 0) is 62.5 Å². The van der Waals surface area contributed by atoms with Crippen molar-refractivity contribution in [1.82, 2.24) is 0 Å². The van der Waals surface area contributed by atoms with Crippen LogP contribution in [0.2, 0.25) is 0 Å². The molecule has 1 saturated carbocycles. The van der Waals surface area contributed by atoms with Gasteiger partial charge in [-0.2, -0.15) is 0 Å². The molecule has 166 valence electrons. The van der Waals surface area contributed by atoms with Crippen molar-refractivity contribution in [3.8, 4) is 0 Å². The fourth-order valence-electron chi connectivity index (χ4n) is 5.19. The van der Waals surface area contributed by atoms with E-state index in [2.05, 4.69) is 48.7 Å². The first-order valence-electron chi connectivity index (χ1n) is 12.2. The minimum absolute atomic E-state index is 0.208. The topological polar surface area (TPSA) is 52.5 Å². The summed E-state index contributed by atoms with van der Waals surface area (Å²) >= 11 is 0. The number of unbranched alkanes of at least 4 members (excludes halogenated alkanes) is 4. The van der Waals surface area contributed by atoms with Crippen LogP contribution in [0.1, 0.15) is 71.1 Å². The Kier molecular flexibility index (Phi) is 9.48. The fourth-order valence-corrected chi connectivity index (χ4v) is 5.19. The summed E-state index contributed by atoms with van der Waals surface area (Å²) in [6, 6.07) is 10.4. The normalized spacial score (nSPS) is 26.7. The molecule has 0 saturated heterocycles. The zero-order valence-electron chi connectivity index (χ0n) is 18.7. The molecule has 5 atom stereocenters. The number of anilines is 1. The molecule has 0 aliphatic heterocycles. The molecule has 2 aliphatic rings. The lowest BCUT2D eigenvalue weighted by atomic mass is 9.88. The van der Waals surface area contributed by atoms with E-state index in [9.17, 15) is 10.2 Å². The van der Waals surface area contributed by atoms with Gasteiger partial charge in [-0.15, -0.1) is 0 Å². The van der Waals surface area contributed by atoms with Crippen molar-refractivity contribution < 1.29 is 10.2 Å². The first kappa shape index (κ1) is 23.1. The number of aliphatic hydroxyl groups is 2. The number of allylic oxidation sites excluding steroid dienone is 2. The van der Waals surface area contributed by atoms with Gasteiger partial charge in [0, 0.05) is 18.2 Å². The Morgan fingerprint density at radius 3 is 2.73 bits per heavy atom. The Morgan fingerprint density at radius 1 is 1.10 bits per heavy atom. The molecule has 3 N–H and O–H groups in total. The Hall–Kier alpha value is -1.58. The van der Waals surface area contributed by atoms with Crippen molar-refractivity contribution in [2.75, 3.05) is 11.9 Å². The zero-order valence-corrected chi connectivity index (χ0v) is 18.7. The first-order valence-corrected chi connectivity index (χ1v) is 12.2. The lowest BCUT2D eigenvalue weighted by Crippen LogP contribution is -2.18. The molecule has 3 nitrogen and oxygen atoms in total. The molecule has 1 fully saturated rings. The molecule has 0 radical (unpaired) electrons. The largest absolute Gasteiger partial charge is 0.392 e. The van der Waals surface area contributed by atoms with Gasteiger partial charge in [0.25, 0.3) is 0 Å². The molecule has 1 aromatic rings. The molecule has 0 amide bonds. The number of para-hydroxylation sites is 1. The van der Waals surface area contributed by atoms with E-state index >= 15 is 0 Å². The predicted molar refractivity (Wildman–Crippen MR) is 126 cm³/mol. The van der Waals surface area contributed by atoms with Gasteiger partial charge in [0.05, 0.1) is 12.2 Å². The molecule has 0 unspecified atom stereocenters. The Bertz CT molecular complexity index is 669. The van der Waals surface area contributed by atoms with Crippen molar-refractivity contribution in [2.45, 2.75) is 83.3 Å². The Balaban J connectivity index is 1.34. The molecule has 1 aromatic carbocycles. The van der Waals surface area contributed by atoms with E-state index in [0.29, 0.717) is 11.8 Å². The van der Waals surface area contributed by atoms with E-state index in [-0.39, 0.29) is 18.1 Å². The third kappa shape index (κ3) is 6.99. The van der Waals surface area contributed by atoms with Gasteiger partial charge >= 0.3 is 0 Å². The summed E-state index contributed by atoms with van der Waals surface area (Å²) in [6.07, 6.45) is 17.1. The number of benzene rings is 1. The van der Waals surface area contributed by atoms with E-state index in [0.717, 1.165) is 32.2 Å². The lowest BCUT2D eigenvalue weighted by molar-refractivity contribution is 0.139. The molecule has 2 aliphatic carbocycles. The van der Waals surface area contributed by atoms with Gasteiger partial charge in [-0.1, -0.05) is 74.6 Å². The van der Waals surface area contributed by atoms with Crippen LogP contribution in [0.25, 0.3) is 0 Å². The number of aliphatic hydroxyl groups excluding tert-OH is 2. The molecule has 3 rings (SSSR count). The first-order chi connectivity index (χ1) is 14.7. The molecule has 0 bridgehead atoms. The van der Waals surface area contributed by atoms with Crippen LogP contribution in [0.15, 0.2) is 54.1 Å². The van der Waals surface area contributed by atoms with Gasteiger partial charge in [-0.25, -0.2) is 0 Å². The van der Waals surface area contributed by atoms with Gasteiger partial charge in [0.2, 0.25) is 0 Å². The van der Waals surface area contributed by atoms with E-state index in [1.54, 1.807) is 5.57 Å². The second kappa shape index (κ2) is 12.3. The van der Waals surface area contributed by atoms with E-state index in [1.807, 2.05) is 12.1 Å². The Labute approximate surface area is 183 Å². The predicted octanol–water partition coefficient (Wildman–Crippen LogP) is 6.10. The maximum atomic E-state index is 10.5. The summed E-state index contributed by atoms with van der Waals surface area (Å²) in [4.78, 5) is 0. The van der Waals surface area contributed by atoms with Crippen molar-refractivity contribution in [2.24, 2.45) is 17.8 Å². The monoisotopic (exact) mass is 411 g/mol. The summed E-state index contributed by atoms with van der Waals surface area (Å²) in [5.41, 5.74) is 2.80. The lowest BCUT2D eigenvalue weighted by Gasteiger charge is -2.19. The van der Waals surface area contributed by atoms with Crippen LogP contribution in [0.5, 0.6) is 0 Å². The summed E-state index contributed by atoms with van der Waals surface area (Å²) in [5.74, 6) is 1.27. The SMILES string of the molecule is CCCCC[C@H](O)C=C[C@@H]1[C@H]2CC(CCCCCNc3ccccc3)=C[C@H]2C[C@H]1O. The standard InChI is InChI=1S/C27H41NO2/c1-2-3-6-14-24(29)15-16-25-26-19-21(18-22(26)20-27(25)30)11-7-5-10-17-28-23-12-8-4-9-13-23/h4,8-9,12-13,15-16,18,22,24-30H,2-3,5-7,10-11,14,17,19-20H2,1H3/t22-,24-,25+,26-,27+/m0/s1. The quantitative estimate of drug-likeness (QED) is 0.271. The highest BCUT2D eigenvalue weighted by Gasteiger charge is 2.43. The number of nitrogens with one attached hydrogen (secondary N) is 1. The van der Waals surface area contributed by atoms with E-state index in [1.165, 1.54) is 44.2 Å². The summed E-state index contributed by atoms with van der Waals surface area (Å²) < 4.78 is 0. The highest BCUT2D eigenvalue weighted by Crippen LogP contribution is 2.48. The van der Waals surface area contributed by atoms with Gasteiger partial charge in [0.1, 0.15) is 0 Å². The van der Waals surface area contributed by atoms with Gasteiger partial charge in [0.15, 0.2) is 0 Å². The minimum Gasteiger partial charge on any atom is -0.392 e. The number of rotatable bonds is 13. The van der Waals surface area contributed by atoms with Crippen LogP contribution >= 0.6 is 0 Å². The van der Waals surface area contributed by atoms with Gasteiger partial charge < -0.3 is 15.5 Å². The maximum Gasteiger partial charge on any atom is 0.0721 e. The number of hydrogen-bond acceptors (Lipinski definition) is 3. The second-order valence-corrected chi connectivity index (χ2v) is 9.29. The van der Waals surface area contributed by atoms with Crippen molar-refractivity contribution >= 4 is 5.69 Å². The number of fused-ring (bicyclic) bond motifs is 1. The zero-order chi connectivity index (χ0) is 21.2. The highest BCUT2D eigenvalue weighted by atomic mass is 16.3. The molecule has 30 heavy (non-hydrogen) atoms. The molecular formula is C27H41NO2. The Morgan fingerprint density at radius 2 is 1.93 bits per heavy atom. The van der Waals surface area contributed by atoms with Crippen LogP contribution < -0.4 is 5.32 Å².